The van der Waals surface area contributed by atoms with Crippen molar-refractivity contribution >= 4 is 11.6 Å². The Kier molecular flexibility index (Phi) is 6.29. The summed E-state index contributed by atoms with van der Waals surface area (Å²) >= 11 is 0. The van der Waals surface area contributed by atoms with Crippen molar-refractivity contribution in [3.8, 4) is 0 Å². The van der Waals surface area contributed by atoms with Crippen LogP contribution in [0.4, 0.5) is 5.82 Å². The third kappa shape index (κ3) is 4.53. The van der Waals surface area contributed by atoms with Crippen LogP contribution in [-0.4, -0.2) is 65.3 Å². The van der Waals surface area contributed by atoms with Crippen LogP contribution in [0.2, 0.25) is 0 Å². The lowest BCUT2D eigenvalue weighted by Gasteiger charge is -2.20. The van der Waals surface area contributed by atoms with E-state index in [1.54, 1.807) is 0 Å². The number of anilines is 1. The summed E-state index contributed by atoms with van der Waals surface area (Å²) in [5.41, 5.74) is 4.21. The molecule has 1 aliphatic carbocycles. The van der Waals surface area contributed by atoms with E-state index in [4.69, 9.17) is 15.6 Å². The number of aliphatic hydroxyl groups is 1. The molecule has 9 nitrogen and oxygen atoms in total. The van der Waals surface area contributed by atoms with Crippen LogP contribution in [-0.2, 0) is 11.3 Å². The number of methoxy groups -OCH3 is 1. The highest BCUT2D eigenvalue weighted by atomic mass is 16.5. The van der Waals surface area contributed by atoms with E-state index in [0.29, 0.717) is 19.0 Å². The molecule has 1 saturated carbocycles. The number of hydrogen-bond donors (Lipinski definition) is 3. The zero-order valence-electron chi connectivity index (χ0n) is 13.8. The number of nitrogens with one attached hydrogen (secondary N) is 1. The van der Waals surface area contributed by atoms with E-state index >= 15 is 0 Å². The van der Waals surface area contributed by atoms with Crippen molar-refractivity contribution in [1.82, 2.24) is 14.5 Å². The Labute approximate surface area is 139 Å². The number of nitrogen functional groups attached to an aromatic ring is 1. The highest BCUT2D eigenvalue weighted by Gasteiger charge is 2.27. The number of aromatic nitrogens is 2. The molecule has 1 aromatic rings. The predicted molar refractivity (Wildman–Crippen MR) is 88.2 cm³/mol. The minimum atomic E-state index is -0.786. The first-order valence-electron chi connectivity index (χ1n) is 7.95. The second-order valence-electron chi connectivity index (χ2n) is 5.99. The van der Waals surface area contributed by atoms with Crippen LogP contribution >= 0.6 is 0 Å². The smallest absolute Gasteiger partial charge is 0.330 e. The Hall–Kier alpha value is -1.97. The third-order valence-electron chi connectivity index (χ3n) is 4.03. The van der Waals surface area contributed by atoms with Gasteiger partial charge in [-0.25, -0.2) is 4.79 Å². The van der Waals surface area contributed by atoms with Crippen LogP contribution in [0.5, 0.6) is 0 Å². The molecule has 1 fully saturated rings. The highest BCUT2D eigenvalue weighted by molar-refractivity contribution is 6.01. The van der Waals surface area contributed by atoms with Crippen LogP contribution in [0.25, 0.3) is 0 Å². The lowest BCUT2D eigenvalue weighted by atomic mass is 10.1. The molecule has 0 aromatic carbocycles. The lowest BCUT2D eigenvalue weighted by Crippen LogP contribution is -2.40. The number of ketones is 1. The van der Waals surface area contributed by atoms with Gasteiger partial charge in [0.1, 0.15) is 11.4 Å². The normalized spacial score (nSPS) is 14.3. The van der Waals surface area contributed by atoms with Crippen LogP contribution in [0.3, 0.4) is 0 Å². The van der Waals surface area contributed by atoms with E-state index in [9.17, 15) is 14.4 Å². The maximum Gasteiger partial charge on any atom is 0.330 e. The fourth-order valence-corrected chi connectivity index (χ4v) is 2.59. The second-order valence-corrected chi connectivity index (χ2v) is 5.99. The Morgan fingerprint density at radius 1 is 1.46 bits per heavy atom. The number of aliphatic hydroxyl groups excluding tert-OH is 1. The highest BCUT2D eigenvalue weighted by Crippen LogP contribution is 2.29. The number of H-pyrrole nitrogens is 1. The number of rotatable bonds is 10. The SMILES string of the molecule is COCCn1c(N)c(C(=O)CN(CCO)CC2CC2)c(=O)[nH]c1=O. The molecule has 0 spiro atoms. The Morgan fingerprint density at radius 3 is 2.75 bits per heavy atom. The van der Waals surface area contributed by atoms with Crippen molar-refractivity contribution in [2.75, 3.05) is 45.7 Å². The molecule has 2 rings (SSSR count). The molecule has 1 aliphatic rings. The Morgan fingerprint density at radius 2 is 2.17 bits per heavy atom. The molecular weight excluding hydrogens is 316 g/mol. The molecule has 4 N–H and O–H groups in total. The molecular formula is C15H24N4O5. The van der Waals surface area contributed by atoms with Gasteiger partial charge in [0.15, 0.2) is 5.78 Å². The van der Waals surface area contributed by atoms with E-state index in [-0.39, 0.29) is 37.7 Å². The summed E-state index contributed by atoms with van der Waals surface area (Å²) in [6.45, 7) is 1.32. The van der Waals surface area contributed by atoms with Gasteiger partial charge in [-0.3, -0.25) is 24.0 Å². The van der Waals surface area contributed by atoms with E-state index in [2.05, 4.69) is 4.98 Å². The quantitative estimate of drug-likeness (QED) is 0.449. The monoisotopic (exact) mass is 340 g/mol. The van der Waals surface area contributed by atoms with E-state index in [1.165, 1.54) is 7.11 Å². The standard InChI is InChI=1S/C15H24N4O5/c1-24-7-5-19-13(16)12(14(22)17-15(19)23)11(21)9-18(4-6-20)8-10-2-3-10/h10,20H,2-9,16H2,1H3,(H,17,22,23). The van der Waals surface area contributed by atoms with Crippen LogP contribution in [0.15, 0.2) is 9.59 Å². The maximum absolute atomic E-state index is 12.5. The van der Waals surface area contributed by atoms with Gasteiger partial charge >= 0.3 is 5.69 Å². The molecule has 0 radical (unpaired) electrons. The molecule has 0 unspecified atom stereocenters. The predicted octanol–water partition coefficient (Wildman–Crippen LogP) is -1.35. The van der Waals surface area contributed by atoms with Crippen LogP contribution in [0, 0.1) is 5.92 Å². The zero-order chi connectivity index (χ0) is 17.7. The first kappa shape index (κ1) is 18.4. The molecule has 1 heterocycles. The van der Waals surface area contributed by atoms with Gasteiger partial charge < -0.3 is 15.6 Å². The molecule has 0 saturated heterocycles. The number of hydrogen-bond acceptors (Lipinski definition) is 7. The van der Waals surface area contributed by atoms with Crippen molar-refractivity contribution in [1.29, 1.82) is 0 Å². The maximum atomic E-state index is 12.5. The minimum Gasteiger partial charge on any atom is -0.395 e. The molecule has 0 amide bonds. The fraction of sp³-hybridized carbons (Fsp3) is 0.667. The van der Waals surface area contributed by atoms with E-state index < -0.39 is 17.0 Å². The largest absolute Gasteiger partial charge is 0.395 e. The first-order valence-corrected chi connectivity index (χ1v) is 7.95. The van der Waals surface area contributed by atoms with E-state index in [1.807, 2.05) is 4.90 Å². The average molecular weight is 340 g/mol. The van der Waals surface area contributed by atoms with Crippen molar-refractivity contribution in [2.24, 2.45) is 5.92 Å². The molecule has 1 aromatic heterocycles. The van der Waals surface area contributed by atoms with Gasteiger partial charge in [0.05, 0.1) is 26.3 Å². The van der Waals surface area contributed by atoms with Gasteiger partial charge in [0.2, 0.25) is 0 Å². The van der Waals surface area contributed by atoms with Gasteiger partial charge in [0.25, 0.3) is 5.56 Å². The molecule has 0 bridgehead atoms. The van der Waals surface area contributed by atoms with Crippen molar-refractivity contribution in [3.05, 3.63) is 26.4 Å². The van der Waals surface area contributed by atoms with Gasteiger partial charge in [-0.1, -0.05) is 0 Å². The Bertz CT molecular complexity index is 692. The summed E-state index contributed by atoms with van der Waals surface area (Å²) in [5.74, 6) is -0.0779. The molecule has 9 heteroatoms. The summed E-state index contributed by atoms with van der Waals surface area (Å²) in [4.78, 5) is 40.3. The van der Waals surface area contributed by atoms with Crippen molar-refractivity contribution < 1.29 is 14.6 Å². The molecule has 0 atom stereocenters. The summed E-state index contributed by atoms with van der Waals surface area (Å²) in [7, 11) is 1.48. The lowest BCUT2D eigenvalue weighted by molar-refractivity contribution is 0.0909. The van der Waals surface area contributed by atoms with Gasteiger partial charge in [-0.15, -0.1) is 0 Å². The van der Waals surface area contributed by atoms with Gasteiger partial charge in [-0.05, 0) is 18.8 Å². The number of Topliss-reactive ketones (excluding diaryl/α,β-unsaturated/α-hetero) is 1. The second kappa shape index (κ2) is 8.22. The van der Waals surface area contributed by atoms with Gasteiger partial charge in [0, 0.05) is 20.2 Å². The van der Waals surface area contributed by atoms with Crippen LogP contribution in [0.1, 0.15) is 23.2 Å². The van der Waals surface area contributed by atoms with Crippen molar-refractivity contribution in [3.63, 3.8) is 0 Å². The number of ether oxygens (including phenoxy) is 1. The van der Waals surface area contributed by atoms with Gasteiger partial charge in [-0.2, -0.15) is 0 Å². The summed E-state index contributed by atoms with van der Waals surface area (Å²) < 4.78 is 6.03. The number of carbonyl (C=O) groups excluding carboxylic acids is 1. The first-order chi connectivity index (χ1) is 11.5. The number of nitrogens with two attached hydrogens (primary N) is 1. The summed E-state index contributed by atoms with van der Waals surface area (Å²) in [6.07, 6.45) is 2.22. The molecule has 134 valence electrons. The zero-order valence-corrected chi connectivity index (χ0v) is 13.8. The van der Waals surface area contributed by atoms with Crippen LogP contribution < -0.4 is 17.0 Å². The fourth-order valence-electron chi connectivity index (χ4n) is 2.59. The average Bonchev–Trinajstić information content (AvgIpc) is 3.30. The third-order valence-corrected chi connectivity index (χ3v) is 4.03. The summed E-state index contributed by atoms with van der Waals surface area (Å²) in [5, 5.41) is 9.14. The number of aromatic amines is 1. The number of nitrogens with zero attached hydrogens (tertiary/aromatic N) is 2. The summed E-state index contributed by atoms with van der Waals surface area (Å²) in [6, 6.07) is 0. The molecule has 24 heavy (non-hydrogen) atoms. The molecule has 0 aliphatic heterocycles. The minimum absolute atomic E-state index is 0.0210. The topological polar surface area (TPSA) is 131 Å². The number of carbonyl (C=O) groups is 1. The van der Waals surface area contributed by atoms with Crippen molar-refractivity contribution in [2.45, 2.75) is 19.4 Å². The van der Waals surface area contributed by atoms with E-state index in [0.717, 1.165) is 17.4 Å². The Balaban J connectivity index is 2.23.